The number of amides is 2. The maximum Gasteiger partial charge on any atom is 0.422 e. The van der Waals surface area contributed by atoms with Crippen molar-refractivity contribution in [1.29, 1.82) is 5.26 Å². The summed E-state index contributed by atoms with van der Waals surface area (Å²) in [6.07, 6.45) is -1.57. The van der Waals surface area contributed by atoms with E-state index in [2.05, 4.69) is 20.7 Å². The van der Waals surface area contributed by atoms with Crippen LogP contribution in [0.3, 0.4) is 0 Å². The number of hydrogen-bond acceptors (Lipinski definition) is 7. The summed E-state index contributed by atoms with van der Waals surface area (Å²) >= 11 is 0. The molecule has 13 heteroatoms. The highest BCUT2D eigenvalue weighted by Crippen LogP contribution is 2.44. The number of nitriles is 1. The highest BCUT2D eigenvalue weighted by Gasteiger charge is 2.47. The number of fused-ring (bicyclic) bond motifs is 3. The minimum atomic E-state index is -4.46. The molecular weight excluding hydrogens is 529 g/mol. The smallest absolute Gasteiger partial charge is 0.422 e. The van der Waals surface area contributed by atoms with Crippen LogP contribution >= 0.6 is 0 Å². The van der Waals surface area contributed by atoms with Gasteiger partial charge in [0, 0.05) is 18.7 Å². The summed E-state index contributed by atoms with van der Waals surface area (Å²) in [7, 11) is 0. The molecule has 0 radical (unpaired) electrons. The average molecular weight is 553 g/mol. The zero-order valence-corrected chi connectivity index (χ0v) is 21.0. The fraction of sp³-hybridized carbons (Fsp3) is 0.370. The first kappa shape index (κ1) is 25.8. The number of aromatic nitrogens is 3. The van der Waals surface area contributed by atoms with Crippen molar-refractivity contribution >= 4 is 11.8 Å². The van der Waals surface area contributed by atoms with Gasteiger partial charge in [0.15, 0.2) is 12.4 Å². The molecule has 0 unspecified atom stereocenters. The van der Waals surface area contributed by atoms with Gasteiger partial charge in [-0.1, -0.05) is 6.07 Å². The fourth-order valence-corrected chi connectivity index (χ4v) is 5.64. The number of carbonyl (C=O) groups excluding carboxylic acids is 2. The number of rotatable bonds is 5. The molecule has 1 saturated carbocycles. The molecule has 2 amide bonds. The molecule has 10 nitrogen and oxygen atoms in total. The number of nitrogens with one attached hydrogen (secondary N) is 2. The number of aryl methyl sites for hydroxylation is 1. The number of benzene rings is 1. The predicted octanol–water partition coefficient (Wildman–Crippen LogP) is 2.46. The lowest BCUT2D eigenvalue weighted by atomic mass is 9.82. The van der Waals surface area contributed by atoms with Gasteiger partial charge < -0.3 is 20.5 Å². The topological polar surface area (TPSA) is 142 Å². The van der Waals surface area contributed by atoms with Gasteiger partial charge in [0.1, 0.15) is 17.5 Å². The normalized spacial score (nSPS) is 23.0. The summed E-state index contributed by atoms with van der Waals surface area (Å²) in [6, 6.07) is 9.46. The van der Waals surface area contributed by atoms with Crippen molar-refractivity contribution in [2.24, 2.45) is 0 Å². The standard InChI is InChI=1S/C27H23F3N6O4/c28-27(29,30)13-40-18-2-3-19-15(7-18)5-6-26(19)10-20-22(24(38)34-26)23(25(39)33-16-8-17(37)9-16)36(35-20)21-4-1-14(11-31)12-32-21/h1-4,7,12,16-17,37H,5-6,8-10,13H2,(H,33,39)(H,34,38)/t16?,17?,26-/m0/s1. The first-order valence-corrected chi connectivity index (χ1v) is 12.7. The number of halogens is 3. The minimum Gasteiger partial charge on any atom is -0.484 e. The lowest BCUT2D eigenvalue weighted by Crippen LogP contribution is -2.51. The van der Waals surface area contributed by atoms with Crippen molar-refractivity contribution in [3.63, 3.8) is 0 Å². The molecule has 3 aliphatic rings. The minimum absolute atomic E-state index is 0.00457. The fourth-order valence-electron chi connectivity index (χ4n) is 5.64. The Balaban J connectivity index is 1.36. The summed E-state index contributed by atoms with van der Waals surface area (Å²) in [5.74, 6) is -0.717. The maximum atomic E-state index is 13.6. The lowest BCUT2D eigenvalue weighted by molar-refractivity contribution is -0.153. The Labute approximate surface area is 225 Å². The summed E-state index contributed by atoms with van der Waals surface area (Å²) in [5, 5.41) is 29.3. The quantitative estimate of drug-likeness (QED) is 0.442. The highest BCUT2D eigenvalue weighted by molar-refractivity contribution is 6.08. The van der Waals surface area contributed by atoms with E-state index in [1.165, 1.54) is 29.1 Å². The van der Waals surface area contributed by atoms with Gasteiger partial charge in [-0.15, -0.1) is 0 Å². The zero-order chi connectivity index (χ0) is 28.2. The van der Waals surface area contributed by atoms with E-state index in [1.54, 1.807) is 12.1 Å². The Morgan fingerprint density at radius 1 is 1.30 bits per heavy atom. The largest absolute Gasteiger partial charge is 0.484 e. The Morgan fingerprint density at radius 2 is 2.10 bits per heavy atom. The molecule has 3 heterocycles. The molecule has 1 fully saturated rings. The number of ether oxygens (including phenoxy) is 1. The molecule has 1 atom stereocenters. The molecule has 1 aliphatic heterocycles. The van der Waals surface area contributed by atoms with Crippen molar-refractivity contribution in [1.82, 2.24) is 25.4 Å². The van der Waals surface area contributed by atoms with E-state index in [9.17, 15) is 27.9 Å². The van der Waals surface area contributed by atoms with Crippen LogP contribution in [0.1, 0.15) is 62.5 Å². The van der Waals surface area contributed by atoms with Gasteiger partial charge in [-0.3, -0.25) is 9.59 Å². The second-order valence-electron chi connectivity index (χ2n) is 10.3. The molecule has 40 heavy (non-hydrogen) atoms. The zero-order valence-electron chi connectivity index (χ0n) is 21.0. The van der Waals surface area contributed by atoms with Crippen molar-refractivity contribution in [3.8, 4) is 17.6 Å². The third-order valence-electron chi connectivity index (χ3n) is 7.58. The SMILES string of the molecule is N#Cc1ccc(-n2nc3c(c2C(=O)NC2CC(O)C2)C(=O)N[C@@]2(CCc4cc(OCC(F)(F)F)ccc42)C3)nc1. The van der Waals surface area contributed by atoms with Crippen LogP contribution in [0, 0.1) is 11.3 Å². The monoisotopic (exact) mass is 552 g/mol. The van der Waals surface area contributed by atoms with Gasteiger partial charge in [0.25, 0.3) is 11.8 Å². The van der Waals surface area contributed by atoms with Crippen molar-refractivity contribution in [2.45, 2.75) is 56.0 Å². The maximum absolute atomic E-state index is 13.6. The average Bonchev–Trinajstić information content (AvgIpc) is 3.45. The summed E-state index contributed by atoms with van der Waals surface area (Å²) < 4.78 is 44.0. The van der Waals surface area contributed by atoms with Crippen molar-refractivity contribution in [2.75, 3.05) is 6.61 Å². The number of hydrogen-bond donors (Lipinski definition) is 3. The Morgan fingerprint density at radius 3 is 2.77 bits per heavy atom. The van der Waals surface area contributed by atoms with Gasteiger partial charge in [0.05, 0.1) is 28.5 Å². The van der Waals surface area contributed by atoms with Crippen molar-refractivity contribution in [3.05, 3.63) is 70.2 Å². The van der Waals surface area contributed by atoms with Gasteiger partial charge >= 0.3 is 6.18 Å². The number of aliphatic hydroxyl groups is 1. The third kappa shape index (κ3) is 4.54. The first-order chi connectivity index (χ1) is 19.0. The highest BCUT2D eigenvalue weighted by atomic mass is 19.4. The van der Waals surface area contributed by atoms with Gasteiger partial charge in [-0.25, -0.2) is 9.67 Å². The van der Waals surface area contributed by atoms with Crippen molar-refractivity contribution < 1.29 is 32.6 Å². The van der Waals surface area contributed by atoms with Crippen LogP contribution in [-0.2, 0) is 18.4 Å². The molecule has 3 aromatic rings. The lowest BCUT2D eigenvalue weighted by Gasteiger charge is -2.35. The van der Waals surface area contributed by atoms with Crippen LogP contribution in [-0.4, -0.2) is 56.6 Å². The van der Waals surface area contributed by atoms with E-state index in [0.717, 1.165) is 11.1 Å². The van der Waals surface area contributed by atoms with Gasteiger partial charge in [-0.2, -0.15) is 23.5 Å². The second-order valence-corrected chi connectivity index (χ2v) is 10.3. The number of alkyl halides is 3. The van der Waals surface area contributed by atoms with E-state index in [1.807, 2.05) is 6.07 Å². The van der Waals surface area contributed by atoms with Crippen LogP contribution in [0.4, 0.5) is 13.2 Å². The Hall–Kier alpha value is -4.44. The van der Waals surface area contributed by atoms with Crippen LogP contribution < -0.4 is 15.4 Å². The Kier molecular flexibility index (Phi) is 6.03. The summed E-state index contributed by atoms with van der Waals surface area (Å²) in [6.45, 7) is -1.40. The van der Waals surface area contributed by atoms with Crippen LogP contribution in [0.2, 0.25) is 0 Å². The van der Waals surface area contributed by atoms with E-state index < -0.39 is 36.2 Å². The molecule has 0 saturated heterocycles. The van der Waals surface area contributed by atoms with Gasteiger partial charge in [0.2, 0.25) is 0 Å². The van der Waals surface area contributed by atoms with Crippen LogP contribution in [0.25, 0.3) is 5.82 Å². The molecule has 0 bridgehead atoms. The number of aliphatic hydroxyl groups excluding tert-OH is 1. The number of pyridine rings is 1. The van der Waals surface area contributed by atoms with E-state index >= 15 is 0 Å². The molecule has 1 spiro atoms. The van der Waals surface area contributed by atoms with E-state index in [0.29, 0.717) is 36.9 Å². The molecule has 6 rings (SSSR count). The number of carbonyl (C=O) groups is 2. The molecule has 2 aromatic heterocycles. The molecule has 2 aliphatic carbocycles. The third-order valence-corrected chi connectivity index (χ3v) is 7.58. The summed E-state index contributed by atoms with van der Waals surface area (Å²) in [4.78, 5) is 31.3. The molecular formula is C27H23F3N6O4. The summed E-state index contributed by atoms with van der Waals surface area (Å²) in [5.41, 5.74) is 1.45. The Bertz CT molecular complexity index is 1560. The first-order valence-electron chi connectivity index (χ1n) is 12.7. The second kappa shape index (κ2) is 9.34. The van der Waals surface area contributed by atoms with E-state index in [-0.39, 0.29) is 35.3 Å². The molecule has 206 valence electrons. The van der Waals surface area contributed by atoms with Crippen LogP contribution in [0.15, 0.2) is 36.5 Å². The number of nitrogens with zero attached hydrogens (tertiary/aromatic N) is 4. The predicted molar refractivity (Wildman–Crippen MR) is 132 cm³/mol. The molecule has 1 aromatic carbocycles. The van der Waals surface area contributed by atoms with Gasteiger partial charge in [-0.05, 0) is 61.1 Å². The van der Waals surface area contributed by atoms with Crippen LogP contribution in [0.5, 0.6) is 5.75 Å². The molecule has 3 N–H and O–H groups in total. The van der Waals surface area contributed by atoms with E-state index in [4.69, 9.17) is 10.00 Å².